The molecule has 3 aromatic carbocycles. The fourth-order valence-electron chi connectivity index (χ4n) is 5.64. The maximum absolute atomic E-state index is 5.12. The number of hydrogen-bond donors (Lipinski definition) is 0. The maximum atomic E-state index is 5.12. The molecular formula is C28H26N2. The van der Waals surface area contributed by atoms with E-state index in [1.165, 1.54) is 64.0 Å². The van der Waals surface area contributed by atoms with Gasteiger partial charge in [0.15, 0.2) is 0 Å². The van der Waals surface area contributed by atoms with Crippen molar-refractivity contribution in [3.8, 4) is 0 Å². The van der Waals surface area contributed by atoms with E-state index in [2.05, 4.69) is 78.6 Å². The summed E-state index contributed by atoms with van der Waals surface area (Å²) in [6.07, 6.45) is 7.24. The highest BCUT2D eigenvalue weighted by molar-refractivity contribution is 6.13. The normalized spacial score (nSPS) is 19.8. The molecule has 2 aromatic heterocycles. The monoisotopic (exact) mass is 390 g/mol. The molecule has 2 heteroatoms. The molecule has 0 radical (unpaired) electrons. The van der Waals surface area contributed by atoms with Gasteiger partial charge in [-0.1, -0.05) is 74.9 Å². The van der Waals surface area contributed by atoms with Gasteiger partial charge in [-0.05, 0) is 59.4 Å². The van der Waals surface area contributed by atoms with E-state index in [4.69, 9.17) is 4.98 Å². The molecule has 0 spiro atoms. The summed E-state index contributed by atoms with van der Waals surface area (Å²) >= 11 is 0. The smallest absolute Gasteiger partial charge is 0.146 e. The maximum Gasteiger partial charge on any atom is 0.146 e. The standard InChI is InChI=1S/C28H26N2/c1-3-19-16-25-27(17-24(19)20-10-8-9-18(2)15-20)30-26-14-7-6-12-22(26)21-11-4-5-13-23(21)28(30)29-25/h3-7,11-14,16-18,20H,1,8-10,15H2,2H3. The third-order valence-corrected chi connectivity index (χ3v) is 7.06. The van der Waals surface area contributed by atoms with Crippen molar-refractivity contribution in [2.75, 3.05) is 0 Å². The average molecular weight is 391 g/mol. The van der Waals surface area contributed by atoms with Gasteiger partial charge in [0, 0.05) is 10.8 Å². The lowest BCUT2D eigenvalue weighted by Gasteiger charge is -2.28. The summed E-state index contributed by atoms with van der Waals surface area (Å²) in [7, 11) is 0. The predicted molar refractivity (Wildman–Crippen MR) is 128 cm³/mol. The number of aromatic nitrogens is 2. The molecule has 0 bridgehead atoms. The molecule has 0 saturated heterocycles. The number of rotatable bonds is 2. The molecule has 0 amide bonds. The zero-order valence-corrected chi connectivity index (χ0v) is 17.4. The third kappa shape index (κ3) is 2.53. The molecule has 1 aliphatic rings. The zero-order chi connectivity index (χ0) is 20.2. The quantitative estimate of drug-likeness (QED) is 0.282. The van der Waals surface area contributed by atoms with Gasteiger partial charge in [0.05, 0.1) is 16.6 Å². The number of hydrogen-bond acceptors (Lipinski definition) is 1. The first kappa shape index (κ1) is 17.7. The van der Waals surface area contributed by atoms with E-state index in [0.717, 1.165) is 17.1 Å². The molecule has 6 rings (SSSR count). The fourth-order valence-corrected chi connectivity index (χ4v) is 5.64. The summed E-state index contributed by atoms with van der Waals surface area (Å²) < 4.78 is 2.37. The van der Waals surface area contributed by atoms with Gasteiger partial charge in [0.25, 0.3) is 0 Å². The van der Waals surface area contributed by atoms with Crippen molar-refractivity contribution in [2.45, 2.75) is 38.5 Å². The molecular weight excluding hydrogens is 364 g/mol. The molecule has 0 N–H and O–H groups in total. The molecule has 2 heterocycles. The number of nitrogens with zero attached hydrogens (tertiary/aromatic N) is 2. The minimum absolute atomic E-state index is 0.614. The lowest BCUT2D eigenvalue weighted by atomic mass is 9.77. The van der Waals surface area contributed by atoms with Gasteiger partial charge in [0.2, 0.25) is 0 Å². The van der Waals surface area contributed by atoms with Crippen molar-refractivity contribution >= 4 is 44.4 Å². The van der Waals surface area contributed by atoms with Gasteiger partial charge in [-0.2, -0.15) is 0 Å². The first-order chi connectivity index (χ1) is 14.7. The van der Waals surface area contributed by atoms with E-state index >= 15 is 0 Å². The molecule has 1 aliphatic carbocycles. The SMILES string of the molecule is C=Cc1cc2nc3c4ccccc4c4ccccc4n3c2cc1C1CCCC(C)C1. The lowest BCUT2D eigenvalue weighted by Crippen LogP contribution is -2.12. The Kier molecular flexibility index (Phi) is 3.95. The third-order valence-electron chi connectivity index (χ3n) is 7.06. The predicted octanol–water partition coefficient (Wildman–Crippen LogP) is 7.73. The molecule has 2 atom stereocenters. The van der Waals surface area contributed by atoms with Crippen LogP contribution in [0, 0.1) is 5.92 Å². The second kappa shape index (κ2) is 6.70. The van der Waals surface area contributed by atoms with Gasteiger partial charge < -0.3 is 0 Å². The van der Waals surface area contributed by atoms with Crippen LogP contribution in [0.2, 0.25) is 0 Å². The Labute approximate surface area is 176 Å². The molecule has 30 heavy (non-hydrogen) atoms. The van der Waals surface area contributed by atoms with Gasteiger partial charge in [-0.3, -0.25) is 4.40 Å². The number of fused-ring (bicyclic) bond motifs is 8. The Morgan fingerprint density at radius 2 is 1.70 bits per heavy atom. The van der Waals surface area contributed by atoms with Crippen molar-refractivity contribution in [1.29, 1.82) is 0 Å². The highest BCUT2D eigenvalue weighted by atomic mass is 15.0. The first-order valence-corrected chi connectivity index (χ1v) is 11.1. The van der Waals surface area contributed by atoms with Crippen LogP contribution in [0.1, 0.15) is 49.7 Å². The molecule has 2 nitrogen and oxygen atoms in total. The Morgan fingerprint density at radius 1 is 0.933 bits per heavy atom. The van der Waals surface area contributed by atoms with Crippen LogP contribution >= 0.6 is 0 Å². The molecule has 148 valence electrons. The van der Waals surface area contributed by atoms with Crippen LogP contribution in [0.25, 0.3) is 44.4 Å². The Hall–Kier alpha value is -3.13. The van der Waals surface area contributed by atoms with E-state index in [9.17, 15) is 0 Å². The summed E-state index contributed by atoms with van der Waals surface area (Å²) in [5, 5.41) is 3.75. The molecule has 0 aliphatic heterocycles. The number of benzene rings is 3. The summed E-state index contributed by atoms with van der Waals surface area (Å²) in [6, 6.07) is 22.0. The van der Waals surface area contributed by atoms with Gasteiger partial charge in [0.1, 0.15) is 5.65 Å². The van der Waals surface area contributed by atoms with Gasteiger partial charge >= 0.3 is 0 Å². The minimum Gasteiger partial charge on any atom is -0.292 e. The van der Waals surface area contributed by atoms with Gasteiger partial charge in [-0.25, -0.2) is 4.98 Å². The summed E-state index contributed by atoms with van der Waals surface area (Å²) in [5.74, 6) is 1.41. The van der Waals surface area contributed by atoms with E-state index < -0.39 is 0 Å². The highest BCUT2D eigenvalue weighted by Crippen LogP contribution is 2.40. The first-order valence-electron chi connectivity index (χ1n) is 11.1. The van der Waals surface area contributed by atoms with Crippen LogP contribution in [0.3, 0.4) is 0 Å². The molecule has 2 unspecified atom stereocenters. The van der Waals surface area contributed by atoms with Crippen LogP contribution in [-0.4, -0.2) is 9.38 Å². The van der Waals surface area contributed by atoms with E-state index in [0.29, 0.717) is 5.92 Å². The zero-order valence-electron chi connectivity index (χ0n) is 17.4. The summed E-state index contributed by atoms with van der Waals surface area (Å²) in [5.41, 5.74) is 7.23. The molecule has 5 aromatic rings. The Balaban J connectivity index is 1.74. The Morgan fingerprint density at radius 3 is 2.50 bits per heavy atom. The van der Waals surface area contributed by atoms with Gasteiger partial charge in [-0.15, -0.1) is 0 Å². The Bertz CT molecular complexity index is 1440. The highest BCUT2D eigenvalue weighted by Gasteiger charge is 2.23. The van der Waals surface area contributed by atoms with E-state index in [1.54, 1.807) is 0 Å². The van der Waals surface area contributed by atoms with Crippen LogP contribution in [0.4, 0.5) is 0 Å². The van der Waals surface area contributed by atoms with Crippen molar-refractivity contribution in [2.24, 2.45) is 5.92 Å². The average Bonchev–Trinajstić information content (AvgIpc) is 3.17. The second-order valence-corrected chi connectivity index (χ2v) is 8.98. The van der Waals surface area contributed by atoms with Crippen LogP contribution in [0.5, 0.6) is 0 Å². The summed E-state index contributed by atoms with van der Waals surface area (Å²) in [6.45, 7) is 6.53. The molecule has 1 saturated carbocycles. The summed E-state index contributed by atoms with van der Waals surface area (Å²) in [4.78, 5) is 5.12. The van der Waals surface area contributed by atoms with Crippen molar-refractivity contribution < 1.29 is 0 Å². The van der Waals surface area contributed by atoms with Crippen molar-refractivity contribution in [1.82, 2.24) is 9.38 Å². The van der Waals surface area contributed by atoms with Crippen LogP contribution in [0.15, 0.2) is 67.2 Å². The molecule has 1 fully saturated rings. The van der Waals surface area contributed by atoms with E-state index in [1.807, 2.05) is 6.08 Å². The number of pyridine rings is 1. The van der Waals surface area contributed by atoms with Crippen molar-refractivity contribution in [3.63, 3.8) is 0 Å². The minimum atomic E-state index is 0.614. The van der Waals surface area contributed by atoms with Crippen LogP contribution < -0.4 is 0 Å². The van der Waals surface area contributed by atoms with Crippen molar-refractivity contribution in [3.05, 3.63) is 78.4 Å². The number of para-hydroxylation sites is 1. The lowest BCUT2D eigenvalue weighted by molar-refractivity contribution is 0.344. The largest absolute Gasteiger partial charge is 0.292 e. The fraction of sp³-hybridized carbons (Fsp3) is 0.250. The van der Waals surface area contributed by atoms with E-state index in [-0.39, 0.29) is 0 Å². The topological polar surface area (TPSA) is 17.3 Å². The van der Waals surface area contributed by atoms with Crippen LogP contribution in [-0.2, 0) is 0 Å². The number of imidazole rings is 1. The second-order valence-electron chi connectivity index (χ2n) is 8.98.